The molecule has 0 unspecified atom stereocenters. The molecule has 0 saturated carbocycles. The van der Waals surface area contributed by atoms with Crippen LogP contribution in [0.5, 0.6) is 0 Å². The van der Waals surface area contributed by atoms with E-state index in [0.29, 0.717) is 37.3 Å². The Labute approximate surface area is 267 Å². The van der Waals surface area contributed by atoms with Crippen molar-refractivity contribution in [3.63, 3.8) is 0 Å². The average molecular weight is 639 g/mol. The number of nitrogens with zero attached hydrogens (tertiary/aromatic N) is 4. The van der Waals surface area contributed by atoms with Crippen LogP contribution in [0.2, 0.25) is 5.02 Å². The largest absolute Gasteiger partial charge is 0.444 e. The van der Waals surface area contributed by atoms with E-state index < -0.39 is 23.6 Å². The van der Waals surface area contributed by atoms with E-state index >= 15 is 0 Å². The highest BCUT2D eigenvalue weighted by Crippen LogP contribution is 2.29. The molecule has 2 aliphatic heterocycles. The fraction of sp³-hybridized carbons (Fsp3) is 0.455. The molecule has 2 bridgehead atoms. The van der Waals surface area contributed by atoms with Crippen molar-refractivity contribution >= 4 is 35.2 Å². The van der Waals surface area contributed by atoms with E-state index in [9.17, 15) is 18.8 Å². The van der Waals surface area contributed by atoms with Gasteiger partial charge in [0.05, 0.1) is 35.1 Å². The molecular weight excluding hydrogens is 599 g/mol. The lowest BCUT2D eigenvalue weighted by Crippen LogP contribution is -2.60. The SMILES string of the molecule is Cc1c(C(=O)N[C@H]2CCCCCNC(=O)[C@H]3CN(C(=O)OC(C)(C)C)CCN3c3cccc2c3)cnn1-c1cccc(Cl)c1F. The Bertz CT molecular complexity index is 1570. The number of benzene rings is 2. The molecule has 1 fully saturated rings. The van der Waals surface area contributed by atoms with Crippen LogP contribution < -0.4 is 15.5 Å². The molecule has 2 N–H and O–H groups in total. The molecule has 2 atom stereocenters. The molecule has 1 saturated heterocycles. The summed E-state index contributed by atoms with van der Waals surface area (Å²) >= 11 is 5.98. The number of hydrogen-bond donors (Lipinski definition) is 2. The third-order valence-corrected chi connectivity index (χ3v) is 8.42. The van der Waals surface area contributed by atoms with Crippen molar-refractivity contribution in [2.75, 3.05) is 31.1 Å². The Morgan fingerprint density at radius 1 is 1.11 bits per heavy atom. The van der Waals surface area contributed by atoms with Gasteiger partial charge in [-0.05, 0) is 70.4 Å². The van der Waals surface area contributed by atoms with E-state index in [1.807, 2.05) is 49.9 Å². The van der Waals surface area contributed by atoms with Crippen LogP contribution in [-0.4, -0.2) is 70.4 Å². The first kappa shape index (κ1) is 32.3. The summed E-state index contributed by atoms with van der Waals surface area (Å²) in [7, 11) is 0. The molecular formula is C33H40ClFN6O4. The Morgan fingerprint density at radius 3 is 2.67 bits per heavy atom. The van der Waals surface area contributed by atoms with E-state index in [1.54, 1.807) is 24.0 Å². The number of carbonyl (C=O) groups is 3. The van der Waals surface area contributed by atoms with Crippen LogP contribution in [0.4, 0.5) is 14.9 Å². The van der Waals surface area contributed by atoms with Gasteiger partial charge in [-0.25, -0.2) is 13.9 Å². The predicted molar refractivity (Wildman–Crippen MR) is 170 cm³/mol. The van der Waals surface area contributed by atoms with E-state index in [0.717, 1.165) is 30.5 Å². The van der Waals surface area contributed by atoms with Crippen LogP contribution in [0.1, 0.15) is 74.1 Å². The van der Waals surface area contributed by atoms with Gasteiger partial charge >= 0.3 is 6.09 Å². The summed E-state index contributed by atoms with van der Waals surface area (Å²) in [5, 5.41) is 10.5. The van der Waals surface area contributed by atoms with E-state index in [2.05, 4.69) is 15.7 Å². The highest BCUT2D eigenvalue weighted by Gasteiger charge is 2.36. The average Bonchev–Trinajstić information content (AvgIpc) is 3.39. The maximum atomic E-state index is 14.7. The Morgan fingerprint density at radius 2 is 1.89 bits per heavy atom. The first-order valence-electron chi connectivity index (χ1n) is 15.3. The number of piperazine rings is 1. The standard InChI is InChI=1S/C33H40ClFN6O4/c1-21-24(19-37-41(21)27-14-9-12-25(34)29(27)35)30(42)38-26-13-6-5-7-15-36-31(43)28-20-39(32(44)45-33(2,3)4)16-17-40(28)23-11-8-10-22(26)18-23/h8-12,14,18-19,26,28H,5-7,13,15-17,20H2,1-4H3,(H,36,43)(H,38,42)/t26-,28+/m0/s1. The normalized spacial score (nSPS) is 19.4. The Balaban J connectivity index is 1.40. The zero-order chi connectivity index (χ0) is 32.3. The number of ether oxygens (including phenoxy) is 1. The summed E-state index contributed by atoms with van der Waals surface area (Å²) in [6.07, 6.45) is 4.16. The molecule has 0 radical (unpaired) electrons. The minimum absolute atomic E-state index is 0.0253. The van der Waals surface area contributed by atoms with Gasteiger partial charge < -0.3 is 25.2 Å². The highest BCUT2D eigenvalue weighted by molar-refractivity contribution is 6.30. The first-order chi connectivity index (χ1) is 21.4. The van der Waals surface area contributed by atoms with Gasteiger partial charge in [-0.15, -0.1) is 0 Å². The molecule has 2 aromatic carbocycles. The van der Waals surface area contributed by atoms with Crippen molar-refractivity contribution in [3.8, 4) is 5.69 Å². The van der Waals surface area contributed by atoms with Gasteiger partial charge in [0.15, 0.2) is 5.82 Å². The van der Waals surface area contributed by atoms with Crippen molar-refractivity contribution in [3.05, 3.63) is 76.3 Å². The molecule has 45 heavy (non-hydrogen) atoms. The van der Waals surface area contributed by atoms with Gasteiger partial charge in [0.1, 0.15) is 17.3 Å². The summed E-state index contributed by atoms with van der Waals surface area (Å²) in [5.41, 5.74) is 2.08. The number of carbonyl (C=O) groups excluding carboxylic acids is 3. The van der Waals surface area contributed by atoms with Crippen LogP contribution in [0, 0.1) is 12.7 Å². The van der Waals surface area contributed by atoms with E-state index in [1.165, 1.54) is 16.9 Å². The summed E-state index contributed by atoms with van der Waals surface area (Å²) in [6, 6.07) is 11.6. The number of halogens is 2. The van der Waals surface area contributed by atoms with Crippen molar-refractivity contribution in [1.29, 1.82) is 0 Å². The minimum atomic E-state index is -0.641. The van der Waals surface area contributed by atoms with Crippen molar-refractivity contribution in [2.24, 2.45) is 0 Å². The number of rotatable bonds is 3. The fourth-order valence-corrected chi connectivity index (χ4v) is 5.97. The zero-order valence-electron chi connectivity index (χ0n) is 26.1. The third kappa shape index (κ3) is 7.41. The second-order valence-electron chi connectivity index (χ2n) is 12.5. The molecule has 5 rings (SSSR count). The van der Waals surface area contributed by atoms with Crippen molar-refractivity contribution < 1.29 is 23.5 Å². The third-order valence-electron chi connectivity index (χ3n) is 8.13. The summed E-state index contributed by atoms with van der Waals surface area (Å²) in [4.78, 5) is 43.5. The van der Waals surface area contributed by atoms with Gasteiger partial charge in [-0.3, -0.25) is 9.59 Å². The molecule has 0 spiro atoms. The fourth-order valence-electron chi connectivity index (χ4n) is 5.80. The molecule has 3 aromatic rings. The number of fused-ring (bicyclic) bond motifs is 4. The van der Waals surface area contributed by atoms with E-state index in [-0.39, 0.29) is 35.1 Å². The number of aromatic nitrogens is 2. The number of hydrogen-bond acceptors (Lipinski definition) is 6. The smallest absolute Gasteiger partial charge is 0.410 e. The molecule has 240 valence electrons. The molecule has 1 aromatic heterocycles. The molecule has 3 heterocycles. The van der Waals surface area contributed by atoms with Crippen LogP contribution in [0.3, 0.4) is 0 Å². The maximum absolute atomic E-state index is 14.7. The van der Waals surface area contributed by atoms with Gasteiger partial charge in [-0.1, -0.05) is 42.6 Å². The lowest BCUT2D eigenvalue weighted by atomic mass is 9.98. The van der Waals surface area contributed by atoms with Crippen LogP contribution in [-0.2, 0) is 9.53 Å². The van der Waals surface area contributed by atoms with E-state index in [4.69, 9.17) is 16.3 Å². The lowest BCUT2D eigenvalue weighted by molar-refractivity contribution is -0.123. The van der Waals surface area contributed by atoms with Crippen molar-refractivity contribution in [2.45, 2.75) is 71.1 Å². The topological polar surface area (TPSA) is 109 Å². The Kier molecular flexibility index (Phi) is 9.67. The maximum Gasteiger partial charge on any atom is 0.410 e. The van der Waals surface area contributed by atoms with Gasteiger partial charge in [0.25, 0.3) is 5.91 Å². The van der Waals surface area contributed by atoms with Gasteiger partial charge in [0, 0.05) is 25.3 Å². The van der Waals surface area contributed by atoms with Crippen molar-refractivity contribution in [1.82, 2.24) is 25.3 Å². The minimum Gasteiger partial charge on any atom is -0.444 e. The number of nitrogens with one attached hydrogen (secondary N) is 2. The van der Waals surface area contributed by atoms with Crippen LogP contribution in [0.15, 0.2) is 48.7 Å². The lowest BCUT2D eigenvalue weighted by Gasteiger charge is -2.42. The second-order valence-corrected chi connectivity index (χ2v) is 12.9. The monoisotopic (exact) mass is 638 g/mol. The molecule has 10 nitrogen and oxygen atoms in total. The number of anilines is 1. The second kappa shape index (κ2) is 13.5. The summed E-state index contributed by atoms with van der Waals surface area (Å²) in [6.45, 7) is 8.73. The zero-order valence-corrected chi connectivity index (χ0v) is 26.9. The molecule has 0 aliphatic carbocycles. The quantitative estimate of drug-likeness (QED) is 0.389. The first-order valence-corrected chi connectivity index (χ1v) is 15.7. The predicted octanol–water partition coefficient (Wildman–Crippen LogP) is 5.56. The number of amides is 3. The van der Waals surface area contributed by atoms with Gasteiger partial charge in [-0.2, -0.15) is 5.10 Å². The summed E-state index contributed by atoms with van der Waals surface area (Å²) in [5.74, 6) is -1.06. The Hall–Kier alpha value is -4.12. The molecule has 2 aliphatic rings. The van der Waals surface area contributed by atoms with Crippen LogP contribution in [0.25, 0.3) is 5.69 Å². The molecule has 12 heteroatoms. The highest BCUT2D eigenvalue weighted by atomic mass is 35.5. The van der Waals surface area contributed by atoms with Crippen LogP contribution >= 0.6 is 11.6 Å². The van der Waals surface area contributed by atoms with Gasteiger partial charge in [0.2, 0.25) is 5.91 Å². The molecule has 3 amide bonds. The summed E-state index contributed by atoms with van der Waals surface area (Å²) < 4.78 is 21.7.